The van der Waals surface area contributed by atoms with Gasteiger partial charge in [0.1, 0.15) is 11.6 Å². The van der Waals surface area contributed by atoms with Crippen molar-refractivity contribution in [3.8, 4) is 0 Å². The summed E-state index contributed by atoms with van der Waals surface area (Å²) in [4.78, 5) is 8.41. The first-order chi connectivity index (χ1) is 8.72. The van der Waals surface area contributed by atoms with E-state index in [0.29, 0.717) is 0 Å². The molecule has 3 rings (SSSR count). The summed E-state index contributed by atoms with van der Waals surface area (Å²) in [5.74, 6) is 1.58. The predicted octanol–water partition coefficient (Wildman–Crippen LogP) is 3.02. The molecule has 0 atom stereocenters. The van der Waals surface area contributed by atoms with Gasteiger partial charge in [0.25, 0.3) is 0 Å². The van der Waals surface area contributed by atoms with Gasteiger partial charge in [0.15, 0.2) is 0 Å². The monoisotopic (exact) mass is 238 g/mol. The molecular weight excluding hydrogens is 224 g/mol. The molecule has 2 heterocycles. The molecule has 3 aromatic rings. The molecule has 0 radical (unpaired) electrons. The Hall–Kier alpha value is -2.36. The molecule has 18 heavy (non-hydrogen) atoms. The number of benzene rings is 1. The van der Waals surface area contributed by atoms with E-state index in [-0.39, 0.29) is 0 Å². The Kier molecular flexibility index (Phi) is 2.48. The lowest BCUT2D eigenvalue weighted by Crippen LogP contribution is -1.96. The Bertz CT molecular complexity index is 700. The van der Waals surface area contributed by atoms with E-state index in [1.807, 2.05) is 20.0 Å². The van der Waals surface area contributed by atoms with E-state index in [1.54, 1.807) is 6.20 Å². The third-order valence-electron chi connectivity index (χ3n) is 2.94. The SMILES string of the molecule is Cc1nccc(Nc2ccc3ccn(C)c3c2)n1. The quantitative estimate of drug-likeness (QED) is 0.746. The van der Waals surface area contributed by atoms with Gasteiger partial charge in [-0.15, -0.1) is 0 Å². The summed E-state index contributed by atoms with van der Waals surface area (Å²) in [5, 5.41) is 4.53. The molecule has 4 nitrogen and oxygen atoms in total. The Morgan fingerprint density at radius 1 is 1.17 bits per heavy atom. The van der Waals surface area contributed by atoms with Crippen molar-refractivity contribution in [3.63, 3.8) is 0 Å². The van der Waals surface area contributed by atoms with Crippen LogP contribution in [0.2, 0.25) is 0 Å². The second-order valence-electron chi connectivity index (χ2n) is 4.31. The molecule has 90 valence electrons. The van der Waals surface area contributed by atoms with Crippen LogP contribution in [-0.4, -0.2) is 14.5 Å². The molecule has 0 amide bonds. The van der Waals surface area contributed by atoms with Gasteiger partial charge in [-0.05, 0) is 36.6 Å². The maximum absolute atomic E-state index is 4.33. The zero-order chi connectivity index (χ0) is 12.5. The van der Waals surface area contributed by atoms with Crippen LogP contribution in [0.25, 0.3) is 10.9 Å². The molecule has 0 aliphatic carbocycles. The van der Waals surface area contributed by atoms with E-state index < -0.39 is 0 Å². The van der Waals surface area contributed by atoms with Crippen molar-refractivity contribution < 1.29 is 0 Å². The molecule has 0 saturated carbocycles. The van der Waals surface area contributed by atoms with Gasteiger partial charge in [-0.1, -0.05) is 6.07 Å². The van der Waals surface area contributed by atoms with Gasteiger partial charge in [-0.2, -0.15) is 0 Å². The molecule has 0 aliphatic heterocycles. The summed E-state index contributed by atoms with van der Waals surface area (Å²) in [6.45, 7) is 1.88. The van der Waals surface area contributed by atoms with E-state index in [2.05, 4.69) is 50.3 Å². The van der Waals surface area contributed by atoms with Gasteiger partial charge in [-0.3, -0.25) is 0 Å². The predicted molar refractivity (Wildman–Crippen MR) is 73.0 cm³/mol. The number of nitrogens with one attached hydrogen (secondary N) is 1. The Morgan fingerprint density at radius 3 is 2.89 bits per heavy atom. The van der Waals surface area contributed by atoms with Crippen LogP contribution in [0.3, 0.4) is 0 Å². The highest BCUT2D eigenvalue weighted by Crippen LogP contribution is 2.21. The number of fused-ring (bicyclic) bond motifs is 1. The van der Waals surface area contributed by atoms with Crippen LogP contribution in [0, 0.1) is 6.92 Å². The van der Waals surface area contributed by atoms with Crippen LogP contribution in [-0.2, 0) is 7.05 Å². The highest BCUT2D eigenvalue weighted by molar-refractivity contribution is 5.84. The molecular formula is C14H14N4. The molecule has 1 N–H and O–H groups in total. The fourth-order valence-corrected chi connectivity index (χ4v) is 2.01. The molecule has 0 spiro atoms. The first-order valence-corrected chi connectivity index (χ1v) is 5.84. The van der Waals surface area contributed by atoms with Crippen LogP contribution in [0.15, 0.2) is 42.7 Å². The van der Waals surface area contributed by atoms with Crippen molar-refractivity contribution in [2.24, 2.45) is 7.05 Å². The standard InChI is InChI=1S/C14H14N4/c1-10-15-7-5-14(16-10)17-12-4-3-11-6-8-18(2)13(11)9-12/h3-9H,1-2H3,(H,15,16,17). The van der Waals surface area contributed by atoms with Crippen LogP contribution in [0.4, 0.5) is 11.5 Å². The van der Waals surface area contributed by atoms with E-state index in [4.69, 9.17) is 0 Å². The average Bonchev–Trinajstić information content (AvgIpc) is 2.71. The molecule has 2 aromatic heterocycles. The zero-order valence-electron chi connectivity index (χ0n) is 10.4. The molecule has 0 aliphatic rings. The second-order valence-corrected chi connectivity index (χ2v) is 4.31. The van der Waals surface area contributed by atoms with Crippen molar-refractivity contribution in [1.82, 2.24) is 14.5 Å². The van der Waals surface area contributed by atoms with Gasteiger partial charge in [0.2, 0.25) is 0 Å². The lowest BCUT2D eigenvalue weighted by Gasteiger charge is -2.06. The minimum atomic E-state index is 0.764. The molecule has 0 fully saturated rings. The summed E-state index contributed by atoms with van der Waals surface area (Å²) in [6, 6.07) is 10.2. The van der Waals surface area contributed by atoms with Crippen molar-refractivity contribution in [2.45, 2.75) is 6.92 Å². The Labute approximate surface area is 105 Å². The number of nitrogens with zero attached hydrogens (tertiary/aromatic N) is 3. The maximum Gasteiger partial charge on any atom is 0.134 e. The van der Waals surface area contributed by atoms with Crippen LogP contribution >= 0.6 is 0 Å². The van der Waals surface area contributed by atoms with Gasteiger partial charge in [0.05, 0.1) is 0 Å². The average molecular weight is 238 g/mol. The number of aromatic nitrogens is 3. The maximum atomic E-state index is 4.33. The number of rotatable bonds is 2. The minimum absolute atomic E-state index is 0.764. The number of hydrogen-bond acceptors (Lipinski definition) is 3. The molecule has 1 aromatic carbocycles. The Morgan fingerprint density at radius 2 is 2.06 bits per heavy atom. The van der Waals surface area contributed by atoms with Crippen LogP contribution in [0.5, 0.6) is 0 Å². The molecule has 0 saturated heterocycles. The van der Waals surface area contributed by atoms with Crippen molar-refractivity contribution in [3.05, 3.63) is 48.5 Å². The summed E-state index contributed by atoms with van der Waals surface area (Å²) in [5.41, 5.74) is 2.23. The topological polar surface area (TPSA) is 42.7 Å². The fourth-order valence-electron chi connectivity index (χ4n) is 2.01. The molecule has 0 bridgehead atoms. The molecule has 0 unspecified atom stereocenters. The first-order valence-electron chi connectivity index (χ1n) is 5.84. The van der Waals surface area contributed by atoms with Crippen molar-refractivity contribution in [1.29, 1.82) is 0 Å². The van der Waals surface area contributed by atoms with Crippen LogP contribution < -0.4 is 5.32 Å². The van der Waals surface area contributed by atoms with E-state index in [1.165, 1.54) is 10.9 Å². The number of aryl methyl sites for hydroxylation is 2. The number of hydrogen-bond donors (Lipinski definition) is 1. The summed E-state index contributed by atoms with van der Waals surface area (Å²) >= 11 is 0. The summed E-state index contributed by atoms with van der Waals surface area (Å²) in [7, 11) is 2.04. The first kappa shape index (κ1) is 10.8. The van der Waals surface area contributed by atoms with Gasteiger partial charge in [0, 0.05) is 30.6 Å². The second kappa shape index (κ2) is 4.14. The lowest BCUT2D eigenvalue weighted by molar-refractivity contribution is 0.969. The highest BCUT2D eigenvalue weighted by atomic mass is 15.0. The van der Waals surface area contributed by atoms with Crippen molar-refractivity contribution >= 4 is 22.4 Å². The summed E-state index contributed by atoms with van der Waals surface area (Å²) in [6.07, 6.45) is 3.81. The van der Waals surface area contributed by atoms with Gasteiger partial charge >= 0.3 is 0 Å². The minimum Gasteiger partial charge on any atom is -0.350 e. The van der Waals surface area contributed by atoms with E-state index >= 15 is 0 Å². The highest BCUT2D eigenvalue weighted by Gasteiger charge is 2.01. The van der Waals surface area contributed by atoms with E-state index in [9.17, 15) is 0 Å². The van der Waals surface area contributed by atoms with Crippen LogP contribution in [0.1, 0.15) is 5.82 Å². The van der Waals surface area contributed by atoms with Gasteiger partial charge < -0.3 is 9.88 Å². The summed E-state index contributed by atoms with van der Waals surface area (Å²) < 4.78 is 2.10. The largest absolute Gasteiger partial charge is 0.350 e. The van der Waals surface area contributed by atoms with Crippen molar-refractivity contribution in [2.75, 3.05) is 5.32 Å². The Balaban J connectivity index is 1.97. The molecule has 4 heteroatoms. The smallest absolute Gasteiger partial charge is 0.134 e. The lowest BCUT2D eigenvalue weighted by atomic mass is 10.2. The van der Waals surface area contributed by atoms with Gasteiger partial charge in [-0.25, -0.2) is 9.97 Å². The number of anilines is 2. The third kappa shape index (κ3) is 1.93. The van der Waals surface area contributed by atoms with E-state index in [0.717, 1.165) is 17.3 Å². The fraction of sp³-hybridized carbons (Fsp3) is 0.143. The zero-order valence-corrected chi connectivity index (χ0v) is 10.4. The normalized spacial score (nSPS) is 10.8. The third-order valence-corrected chi connectivity index (χ3v) is 2.94.